The molecule has 2 N–H and O–H groups in total. The molecule has 1 aliphatic carbocycles. The van der Waals surface area contributed by atoms with Gasteiger partial charge in [-0.1, -0.05) is 6.92 Å². The first-order valence-electron chi connectivity index (χ1n) is 4.61. The number of hydrogen-bond donors (Lipinski definition) is 1. The van der Waals surface area contributed by atoms with Crippen molar-refractivity contribution in [1.82, 2.24) is 0 Å². The van der Waals surface area contributed by atoms with Crippen LogP contribution in [0.1, 0.15) is 39.0 Å². The molecule has 1 aliphatic rings. The summed E-state index contributed by atoms with van der Waals surface area (Å²) in [5, 5.41) is 0. The van der Waals surface area contributed by atoms with Gasteiger partial charge in [-0.25, -0.2) is 0 Å². The van der Waals surface area contributed by atoms with Gasteiger partial charge < -0.3 is 10.5 Å². The summed E-state index contributed by atoms with van der Waals surface area (Å²) < 4.78 is 4.94. The van der Waals surface area contributed by atoms with Crippen LogP contribution in [-0.2, 0) is 9.53 Å². The zero-order valence-corrected chi connectivity index (χ0v) is 7.64. The Labute approximate surface area is 73.3 Å². The zero-order valence-electron chi connectivity index (χ0n) is 7.64. The average molecular weight is 171 g/mol. The maximum Gasteiger partial charge on any atom is 0.307 e. The van der Waals surface area contributed by atoms with Crippen molar-refractivity contribution in [2.75, 3.05) is 6.61 Å². The van der Waals surface area contributed by atoms with E-state index in [1.54, 1.807) is 0 Å². The summed E-state index contributed by atoms with van der Waals surface area (Å²) in [7, 11) is 0. The molecule has 12 heavy (non-hydrogen) atoms. The Morgan fingerprint density at radius 2 is 2.25 bits per heavy atom. The van der Waals surface area contributed by atoms with Gasteiger partial charge in [0.25, 0.3) is 0 Å². The van der Waals surface area contributed by atoms with Crippen LogP contribution in [0, 0.1) is 0 Å². The van der Waals surface area contributed by atoms with Crippen molar-refractivity contribution in [3.8, 4) is 0 Å². The monoisotopic (exact) mass is 171 g/mol. The van der Waals surface area contributed by atoms with Gasteiger partial charge in [-0.3, -0.25) is 4.79 Å². The summed E-state index contributed by atoms with van der Waals surface area (Å²) in [5.41, 5.74) is 5.64. The van der Waals surface area contributed by atoms with Crippen LogP contribution in [0.3, 0.4) is 0 Å². The number of ether oxygens (including phenoxy) is 1. The minimum absolute atomic E-state index is 0.140. The molecule has 0 aliphatic heterocycles. The fourth-order valence-corrected chi connectivity index (χ4v) is 1.36. The lowest BCUT2D eigenvalue weighted by Gasteiger charge is -2.37. The van der Waals surface area contributed by atoms with Crippen LogP contribution < -0.4 is 5.73 Å². The molecule has 3 nitrogen and oxygen atoms in total. The van der Waals surface area contributed by atoms with E-state index >= 15 is 0 Å². The first-order valence-corrected chi connectivity index (χ1v) is 4.61. The van der Waals surface area contributed by atoms with Crippen molar-refractivity contribution < 1.29 is 9.53 Å². The molecule has 0 aromatic heterocycles. The molecule has 0 aromatic rings. The Morgan fingerprint density at radius 3 is 2.67 bits per heavy atom. The van der Waals surface area contributed by atoms with Crippen LogP contribution >= 0.6 is 0 Å². The van der Waals surface area contributed by atoms with Gasteiger partial charge in [-0.2, -0.15) is 0 Å². The molecule has 1 fully saturated rings. The molecule has 70 valence electrons. The summed E-state index contributed by atoms with van der Waals surface area (Å²) in [6, 6.07) is 0. The van der Waals surface area contributed by atoms with Gasteiger partial charge >= 0.3 is 5.97 Å². The summed E-state index contributed by atoms with van der Waals surface area (Å²) in [4.78, 5) is 11.1. The number of hydrogen-bond acceptors (Lipinski definition) is 3. The minimum atomic E-state index is -0.231. The highest BCUT2D eigenvalue weighted by atomic mass is 16.5. The van der Waals surface area contributed by atoms with Crippen LogP contribution in [0.5, 0.6) is 0 Å². The van der Waals surface area contributed by atoms with Gasteiger partial charge in [-0.15, -0.1) is 0 Å². The van der Waals surface area contributed by atoms with E-state index in [1.165, 1.54) is 0 Å². The van der Waals surface area contributed by atoms with Crippen LogP contribution in [0.15, 0.2) is 0 Å². The van der Waals surface area contributed by atoms with Gasteiger partial charge in [0.05, 0.1) is 13.0 Å². The molecule has 0 saturated heterocycles. The maximum absolute atomic E-state index is 11.1. The van der Waals surface area contributed by atoms with Crippen molar-refractivity contribution in [3.05, 3.63) is 0 Å². The van der Waals surface area contributed by atoms with E-state index in [0.717, 1.165) is 25.7 Å². The summed E-state index contributed by atoms with van der Waals surface area (Å²) in [6.07, 6.45) is 4.36. The molecule has 1 saturated carbocycles. The van der Waals surface area contributed by atoms with Gasteiger partial charge in [0.2, 0.25) is 0 Å². The predicted molar refractivity (Wildman–Crippen MR) is 46.6 cm³/mol. The topological polar surface area (TPSA) is 52.3 Å². The molecule has 0 atom stereocenters. The third-order valence-electron chi connectivity index (χ3n) is 2.31. The number of esters is 1. The largest absolute Gasteiger partial charge is 0.466 e. The second-order valence-corrected chi connectivity index (χ2v) is 3.61. The summed E-state index contributed by atoms with van der Waals surface area (Å²) in [5.74, 6) is -0.140. The number of rotatable bonds is 4. The van der Waals surface area contributed by atoms with Gasteiger partial charge in [0.1, 0.15) is 0 Å². The first kappa shape index (κ1) is 9.52. The van der Waals surface area contributed by atoms with Gasteiger partial charge in [0.15, 0.2) is 0 Å². The number of carbonyl (C=O) groups excluding carboxylic acids is 1. The molecule has 0 aromatic carbocycles. The smallest absolute Gasteiger partial charge is 0.307 e. The van der Waals surface area contributed by atoms with Crippen molar-refractivity contribution in [2.24, 2.45) is 5.73 Å². The Morgan fingerprint density at radius 1 is 1.58 bits per heavy atom. The molecule has 0 heterocycles. The maximum atomic E-state index is 11.1. The van der Waals surface area contributed by atoms with Crippen molar-refractivity contribution >= 4 is 5.97 Å². The lowest BCUT2D eigenvalue weighted by atomic mass is 9.75. The molecule has 0 unspecified atom stereocenters. The standard InChI is InChI=1S/C9H17NO2/c1-2-6-12-8(11)7-9(10)4-3-5-9/h2-7,10H2,1H3. The molecule has 1 rings (SSSR count). The van der Waals surface area contributed by atoms with E-state index < -0.39 is 0 Å². The SMILES string of the molecule is CCCOC(=O)CC1(N)CCC1. The fraction of sp³-hybridized carbons (Fsp3) is 0.889. The Hall–Kier alpha value is -0.570. The molecule has 3 heteroatoms. The van der Waals surface area contributed by atoms with E-state index in [-0.39, 0.29) is 11.5 Å². The van der Waals surface area contributed by atoms with E-state index in [1.807, 2.05) is 6.92 Å². The molecule has 0 bridgehead atoms. The van der Waals surface area contributed by atoms with Crippen LogP contribution in [0.4, 0.5) is 0 Å². The lowest BCUT2D eigenvalue weighted by molar-refractivity contribution is -0.145. The highest BCUT2D eigenvalue weighted by Gasteiger charge is 2.35. The van der Waals surface area contributed by atoms with Crippen molar-refractivity contribution in [2.45, 2.75) is 44.6 Å². The quantitative estimate of drug-likeness (QED) is 0.647. The second-order valence-electron chi connectivity index (χ2n) is 3.61. The van der Waals surface area contributed by atoms with Crippen molar-refractivity contribution in [3.63, 3.8) is 0 Å². The Kier molecular flexibility index (Phi) is 3.09. The average Bonchev–Trinajstić information content (AvgIpc) is 1.98. The second kappa shape index (κ2) is 3.90. The highest BCUT2D eigenvalue weighted by Crippen LogP contribution is 2.32. The lowest BCUT2D eigenvalue weighted by Crippen LogP contribution is -2.48. The summed E-state index contributed by atoms with van der Waals surface area (Å²) >= 11 is 0. The fourth-order valence-electron chi connectivity index (χ4n) is 1.36. The van der Waals surface area contributed by atoms with E-state index in [4.69, 9.17) is 10.5 Å². The van der Waals surface area contributed by atoms with Gasteiger partial charge in [-0.05, 0) is 25.7 Å². The van der Waals surface area contributed by atoms with Gasteiger partial charge in [0, 0.05) is 5.54 Å². The van der Waals surface area contributed by atoms with Crippen molar-refractivity contribution in [1.29, 1.82) is 0 Å². The normalized spacial score (nSPS) is 19.8. The van der Waals surface area contributed by atoms with Crippen LogP contribution in [0.2, 0.25) is 0 Å². The third kappa shape index (κ3) is 2.48. The first-order chi connectivity index (χ1) is 5.66. The number of nitrogens with two attached hydrogens (primary N) is 1. The molecule has 0 amide bonds. The molecule has 0 radical (unpaired) electrons. The molecular weight excluding hydrogens is 154 g/mol. The minimum Gasteiger partial charge on any atom is -0.466 e. The van der Waals surface area contributed by atoms with E-state index in [9.17, 15) is 4.79 Å². The Balaban J connectivity index is 2.16. The molecular formula is C9H17NO2. The van der Waals surface area contributed by atoms with Crippen LogP contribution in [0.25, 0.3) is 0 Å². The Bertz CT molecular complexity index is 164. The van der Waals surface area contributed by atoms with E-state index in [2.05, 4.69) is 0 Å². The number of carbonyl (C=O) groups is 1. The highest BCUT2D eigenvalue weighted by molar-refractivity contribution is 5.71. The predicted octanol–water partition coefficient (Wildman–Crippen LogP) is 1.21. The molecule has 0 spiro atoms. The van der Waals surface area contributed by atoms with Crippen LogP contribution in [-0.4, -0.2) is 18.1 Å². The zero-order chi connectivity index (χ0) is 9.03. The summed E-state index contributed by atoms with van der Waals surface area (Å²) in [6.45, 7) is 2.50. The van der Waals surface area contributed by atoms with E-state index in [0.29, 0.717) is 13.0 Å². The third-order valence-corrected chi connectivity index (χ3v) is 2.31.